The summed E-state index contributed by atoms with van der Waals surface area (Å²) < 4.78 is 0. The zero-order valence-corrected chi connectivity index (χ0v) is 13.9. The van der Waals surface area contributed by atoms with Crippen LogP contribution in [0.2, 0.25) is 5.02 Å². The van der Waals surface area contributed by atoms with Gasteiger partial charge in [0.05, 0.1) is 5.92 Å². The molecule has 1 unspecified atom stereocenters. The summed E-state index contributed by atoms with van der Waals surface area (Å²) in [6.07, 6.45) is 2.25. The number of nitrogens with zero attached hydrogens (tertiary/aromatic N) is 1. The van der Waals surface area contributed by atoms with Gasteiger partial charge in [-0.15, -0.1) is 0 Å². The highest BCUT2D eigenvalue weighted by atomic mass is 35.5. The van der Waals surface area contributed by atoms with Gasteiger partial charge in [-0.1, -0.05) is 23.7 Å². The van der Waals surface area contributed by atoms with Gasteiger partial charge in [-0.3, -0.25) is 4.79 Å². The first-order chi connectivity index (χ1) is 11.1. The Morgan fingerprint density at radius 1 is 1.09 bits per heavy atom. The second-order valence-corrected chi connectivity index (χ2v) is 6.81. The molecule has 0 radical (unpaired) electrons. The molecule has 2 heterocycles. The first-order valence-corrected chi connectivity index (χ1v) is 8.51. The average molecular weight is 327 g/mol. The van der Waals surface area contributed by atoms with Crippen molar-refractivity contribution in [1.29, 1.82) is 0 Å². The third-order valence-corrected chi connectivity index (χ3v) is 5.11. The molecule has 0 aliphatic carbocycles. The van der Waals surface area contributed by atoms with E-state index < -0.39 is 0 Å². The maximum absolute atomic E-state index is 12.6. The van der Waals surface area contributed by atoms with E-state index >= 15 is 0 Å². The van der Waals surface area contributed by atoms with Crippen LogP contribution in [0.25, 0.3) is 21.8 Å². The number of amides is 1. The first-order valence-electron chi connectivity index (χ1n) is 8.13. The molecule has 4 heteroatoms. The second-order valence-electron chi connectivity index (χ2n) is 6.37. The number of H-pyrrole nitrogens is 1. The number of halogens is 1. The fraction of sp³-hybridized carbons (Fsp3) is 0.316. The Morgan fingerprint density at radius 2 is 1.87 bits per heavy atom. The van der Waals surface area contributed by atoms with E-state index in [0.717, 1.165) is 58.3 Å². The standard InChI is InChI=1S/C19H19ClN2O/c1-12(19(23)22-8-2-3-9-22)13-4-6-15-16-11-14(20)5-7-17(16)21-18(15)10-13/h4-7,10-12,21H,2-3,8-9H2,1H3. The fourth-order valence-corrected chi connectivity index (χ4v) is 3.69. The monoisotopic (exact) mass is 326 g/mol. The van der Waals surface area contributed by atoms with Gasteiger partial charge >= 0.3 is 0 Å². The Bertz CT molecular complexity index is 893. The minimum atomic E-state index is -0.104. The van der Waals surface area contributed by atoms with Gasteiger partial charge in [-0.25, -0.2) is 0 Å². The number of hydrogen-bond donors (Lipinski definition) is 1. The molecule has 1 aliphatic rings. The lowest BCUT2D eigenvalue weighted by atomic mass is 9.98. The second kappa shape index (κ2) is 5.57. The average Bonchev–Trinajstić information content (AvgIpc) is 3.20. The third-order valence-electron chi connectivity index (χ3n) is 4.87. The van der Waals surface area contributed by atoms with Crippen LogP contribution in [0.3, 0.4) is 0 Å². The van der Waals surface area contributed by atoms with Crippen LogP contribution in [0.5, 0.6) is 0 Å². The Hall–Kier alpha value is -2.00. The number of benzene rings is 2. The van der Waals surface area contributed by atoms with Crippen LogP contribution in [0.15, 0.2) is 36.4 Å². The van der Waals surface area contributed by atoms with E-state index in [0.29, 0.717) is 0 Å². The highest BCUT2D eigenvalue weighted by Crippen LogP contribution is 2.30. The lowest BCUT2D eigenvalue weighted by Crippen LogP contribution is -2.31. The van der Waals surface area contributed by atoms with E-state index in [2.05, 4.69) is 23.2 Å². The van der Waals surface area contributed by atoms with Crippen LogP contribution in [-0.4, -0.2) is 28.9 Å². The Labute approximate surface area is 140 Å². The molecule has 1 N–H and O–H groups in total. The van der Waals surface area contributed by atoms with E-state index in [-0.39, 0.29) is 11.8 Å². The lowest BCUT2D eigenvalue weighted by Gasteiger charge is -2.20. The molecule has 3 nitrogen and oxygen atoms in total. The summed E-state index contributed by atoms with van der Waals surface area (Å²) in [5, 5.41) is 3.00. The zero-order valence-electron chi connectivity index (χ0n) is 13.1. The van der Waals surface area contributed by atoms with Crippen molar-refractivity contribution < 1.29 is 4.79 Å². The predicted octanol–water partition coefficient (Wildman–Crippen LogP) is 4.70. The van der Waals surface area contributed by atoms with Crippen molar-refractivity contribution in [3.8, 4) is 0 Å². The molecule has 1 amide bonds. The van der Waals surface area contributed by atoms with Crippen molar-refractivity contribution in [2.24, 2.45) is 0 Å². The first kappa shape index (κ1) is 14.6. The van der Waals surface area contributed by atoms with Crippen molar-refractivity contribution >= 4 is 39.3 Å². The summed E-state index contributed by atoms with van der Waals surface area (Å²) in [6, 6.07) is 12.1. The van der Waals surface area contributed by atoms with E-state index in [1.165, 1.54) is 0 Å². The Kier molecular flexibility index (Phi) is 3.53. The van der Waals surface area contributed by atoms with E-state index in [4.69, 9.17) is 11.6 Å². The number of aromatic nitrogens is 1. The van der Waals surface area contributed by atoms with Gasteiger partial charge in [-0.05, 0) is 49.6 Å². The Morgan fingerprint density at radius 3 is 2.65 bits per heavy atom. The normalized spacial score (nSPS) is 16.3. The Balaban J connectivity index is 1.73. The zero-order chi connectivity index (χ0) is 16.0. The van der Waals surface area contributed by atoms with Gasteiger partial charge in [-0.2, -0.15) is 0 Å². The molecule has 118 valence electrons. The molecule has 0 saturated carbocycles. The third kappa shape index (κ3) is 2.49. The van der Waals surface area contributed by atoms with Gasteiger partial charge < -0.3 is 9.88 Å². The number of carbonyl (C=O) groups excluding carboxylic acids is 1. The molecule has 1 fully saturated rings. The number of rotatable bonds is 2. The maximum atomic E-state index is 12.6. The van der Waals surface area contributed by atoms with E-state index in [9.17, 15) is 4.79 Å². The smallest absolute Gasteiger partial charge is 0.229 e. The highest BCUT2D eigenvalue weighted by molar-refractivity contribution is 6.31. The number of aromatic amines is 1. The summed E-state index contributed by atoms with van der Waals surface area (Å²) in [4.78, 5) is 18.0. The predicted molar refractivity (Wildman–Crippen MR) is 95.0 cm³/mol. The molecular formula is C19H19ClN2O. The minimum Gasteiger partial charge on any atom is -0.355 e. The van der Waals surface area contributed by atoms with Gasteiger partial charge in [0.15, 0.2) is 0 Å². The highest BCUT2D eigenvalue weighted by Gasteiger charge is 2.24. The lowest BCUT2D eigenvalue weighted by molar-refractivity contribution is -0.131. The molecule has 1 aliphatic heterocycles. The van der Waals surface area contributed by atoms with Crippen LogP contribution in [-0.2, 0) is 4.79 Å². The minimum absolute atomic E-state index is 0.104. The molecule has 23 heavy (non-hydrogen) atoms. The molecule has 1 saturated heterocycles. The number of fused-ring (bicyclic) bond motifs is 3. The van der Waals surface area contributed by atoms with Crippen LogP contribution < -0.4 is 0 Å². The van der Waals surface area contributed by atoms with Crippen molar-refractivity contribution in [2.75, 3.05) is 13.1 Å². The topological polar surface area (TPSA) is 36.1 Å². The molecule has 1 atom stereocenters. The van der Waals surface area contributed by atoms with Crippen molar-refractivity contribution in [2.45, 2.75) is 25.7 Å². The number of nitrogens with one attached hydrogen (secondary N) is 1. The van der Waals surface area contributed by atoms with Gasteiger partial charge in [0.25, 0.3) is 0 Å². The molecule has 2 aromatic carbocycles. The largest absolute Gasteiger partial charge is 0.355 e. The number of carbonyl (C=O) groups is 1. The van der Waals surface area contributed by atoms with Gasteiger partial charge in [0.2, 0.25) is 5.91 Å². The van der Waals surface area contributed by atoms with Crippen LogP contribution in [0.4, 0.5) is 0 Å². The van der Waals surface area contributed by atoms with Crippen molar-refractivity contribution in [3.05, 3.63) is 47.0 Å². The summed E-state index contributed by atoms with van der Waals surface area (Å²) in [7, 11) is 0. The van der Waals surface area contributed by atoms with Gasteiger partial charge in [0, 0.05) is 39.9 Å². The summed E-state index contributed by atoms with van der Waals surface area (Å²) >= 11 is 6.11. The van der Waals surface area contributed by atoms with E-state index in [1.54, 1.807) is 0 Å². The number of likely N-dealkylation sites (tertiary alicyclic amines) is 1. The molecule has 0 spiro atoms. The van der Waals surface area contributed by atoms with Crippen LogP contribution >= 0.6 is 11.6 Å². The summed E-state index contributed by atoms with van der Waals surface area (Å²) in [5.41, 5.74) is 3.19. The quantitative estimate of drug-likeness (QED) is 0.728. The number of hydrogen-bond acceptors (Lipinski definition) is 1. The maximum Gasteiger partial charge on any atom is 0.229 e. The van der Waals surface area contributed by atoms with Gasteiger partial charge in [0.1, 0.15) is 0 Å². The van der Waals surface area contributed by atoms with Crippen molar-refractivity contribution in [1.82, 2.24) is 9.88 Å². The fourth-order valence-electron chi connectivity index (χ4n) is 3.52. The molecule has 0 bridgehead atoms. The van der Waals surface area contributed by atoms with Crippen LogP contribution in [0, 0.1) is 0 Å². The molecular weight excluding hydrogens is 308 g/mol. The summed E-state index contributed by atoms with van der Waals surface area (Å²) in [5.74, 6) is 0.133. The summed E-state index contributed by atoms with van der Waals surface area (Å²) in [6.45, 7) is 3.80. The molecule has 1 aromatic heterocycles. The SMILES string of the molecule is CC(C(=O)N1CCCC1)c1ccc2c(c1)[nH]c1ccc(Cl)cc12. The van der Waals surface area contributed by atoms with Crippen molar-refractivity contribution in [3.63, 3.8) is 0 Å². The van der Waals surface area contributed by atoms with E-state index in [1.807, 2.05) is 30.0 Å². The van der Waals surface area contributed by atoms with Crippen LogP contribution in [0.1, 0.15) is 31.2 Å². The molecule has 3 aromatic rings. The molecule has 4 rings (SSSR count).